The minimum Gasteiger partial charge on any atom is -0.493 e. The summed E-state index contributed by atoms with van der Waals surface area (Å²) in [6.07, 6.45) is 0.494. The van der Waals surface area contributed by atoms with Crippen molar-refractivity contribution in [2.24, 2.45) is 5.92 Å². The molecule has 3 rings (SSSR count). The normalized spacial score (nSPS) is 10.7. The lowest BCUT2D eigenvalue weighted by Gasteiger charge is -2.17. The van der Waals surface area contributed by atoms with Gasteiger partial charge in [-0.2, -0.15) is 0 Å². The fourth-order valence-electron chi connectivity index (χ4n) is 3.28. The molecule has 0 saturated carbocycles. The van der Waals surface area contributed by atoms with Gasteiger partial charge >= 0.3 is 0 Å². The van der Waals surface area contributed by atoms with Gasteiger partial charge in [0.05, 0.1) is 7.11 Å². The Morgan fingerprint density at radius 1 is 0.969 bits per heavy atom. The van der Waals surface area contributed by atoms with Crippen LogP contribution in [-0.4, -0.2) is 13.0 Å². The molecular weight excluding hydrogens is 424 g/mol. The summed E-state index contributed by atoms with van der Waals surface area (Å²) in [4.78, 5) is 12.1. The molecule has 0 unspecified atom stereocenters. The smallest absolute Gasteiger partial charge is 0.224 e. The molecule has 0 bridgehead atoms. The van der Waals surface area contributed by atoms with E-state index in [1.165, 1.54) is 0 Å². The molecule has 0 aromatic heterocycles. The van der Waals surface area contributed by atoms with Crippen LogP contribution in [-0.2, 0) is 17.9 Å². The number of nitrogens with one attached hydrogen (secondary N) is 2. The van der Waals surface area contributed by atoms with Crippen molar-refractivity contribution in [2.75, 3.05) is 17.7 Å². The maximum Gasteiger partial charge on any atom is 0.224 e. The molecule has 3 aromatic rings. The number of amides is 1. The molecule has 6 heteroatoms. The number of methoxy groups -OCH3 is 1. The largest absolute Gasteiger partial charge is 0.493 e. The second-order valence-corrected chi connectivity index (χ2v) is 8.32. The second-order valence-electron chi connectivity index (χ2n) is 7.91. The summed E-state index contributed by atoms with van der Waals surface area (Å²) in [5.41, 5.74) is 3.52. The molecule has 0 heterocycles. The fourth-order valence-corrected chi connectivity index (χ4v) is 3.47. The van der Waals surface area contributed by atoms with Gasteiger partial charge in [0.2, 0.25) is 5.91 Å². The third-order valence-electron chi connectivity index (χ3n) is 4.83. The number of ether oxygens (including phenoxy) is 2. The Bertz CT molecular complexity index is 1050. The van der Waals surface area contributed by atoms with Gasteiger partial charge in [-0.3, -0.25) is 4.79 Å². The standard InChI is InChI=1S/C26H29ClN2O3/c1-18(2)14-25(30)29-22-11-7-10-21(15-22)28-16-19-9-6-13-24(31-3)26(19)32-17-20-8-4-5-12-23(20)27/h4-13,15,18,28H,14,16-17H2,1-3H3,(H,29,30). The van der Waals surface area contributed by atoms with E-state index in [1.54, 1.807) is 7.11 Å². The van der Waals surface area contributed by atoms with Crippen molar-refractivity contribution in [2.45, 2.75) is 33.4 Å². The first-order chi connectivity index (χ1) is 15.5. The highest BCUT2D eigenvalue weighted by atomic mass is 35.5. The first-order valence-electron chi connectivity index (χ1n) is 10.6. The lowest BCUT2D eigenvalue weighted by atomic mass is 10.1. The second kappa shape index (κ2) is 11.4. The highest BCUT2D eigenvalue weighted by Crippen LogP contribution is 2.33. The number of hydrogen-bond acceptors (Lipinski definition) is 4. The monoisotopic (exact) mass is 452 g/mol. The zero-order valence-electron chi connectivity index (χ0n) is 18.7. The summed E-state index contributed by atoms with van der Waals surface area (Å²) < 4.78 is 11.6. The van der Waals surface area contributed by atoms with Gasteiger partial charge < -0.3 is 20.1 Å². The summed E-state index contributed by atoms with van der Waals surface area (Å²) in [7, 11) is 1.62. The van der Waals surface area contributed by atoms with E-state index in [-0.39, 0.29) is 5.91 Å². The van der Waals surface area contributed by atoms with Gasteiger partial charge in [0.1, 0.15) is 6.61 Å². The molecule has 3 aromatic carbocycles. The average molecular weight is 453 g/mol. The third kappa shape index (κ3) is 6.66. The van der Waals surface area contributed by atoms with E-state index >= 15 is 0 Å². The summed E-state index contributed by atoms with van der Waals surface area (Å²) in [6.45, 7) is 4.91. The Morgan fingerprint density at radius 3 is 2.44 bits per heavy atom. The van der Waals surface area contributed by atoms with Gasteiger partial charge in [0.15, 0.2) is 11.5 Å². The molecule has 0 spiro atoms. The third-order valence-corrected chi connectivity index (χ3v) is 5.20. The van der Waals surface area contributed by atoms with E-state index in [0.717, 1.165) is 22.5 Å². The zero-order chi connectivity index (χ0) is 22.9. The molecule has 32 heavy (non-hydrogen) atoms. The molecular formula is C26H29ClN2O3. The SMILES string of the molecule is COc1cccc(CNc2cccc(NC(=O)CC(C)C)c2)c1OCc1ccccc1Cl. The van der Waals surface area contributed by atoms with Crippen LogP contribution in [0.4, 0.5) is 11.4 Å². The van der Waals surface area contributed by atoms with Crippen LogP contribution in [0.2, 0.25) is 5.02 Å². The van der Waals surface area contributed by atoms with Crippen molar-refractivity contribution in [3.8, 4) is 11.5 Å². The molecule has 0 fully saturated rings. The van der Waals surface area contributed by atoms with Crippen molar-refractivity contribution in [3.63, 3.8) is 0 Å². The summed E-state index contributed by atoms with van der Waals surface area (Å²) >= 11 is 6.27. The Balaban J connectivity index is 1.70. The van der Waals surface area contributed by atoms with E-state index in [1.807, 2.05) is 80.6 Å². The van der Waals surface area contributed by atoms with E-state index in [2.05, 4.69) is 10.6 Å². The molecule has 0 aliphatic carbocycles. The molecule has 2 N–H and O–H groups in total. The van der Waals surface area contributed by atoms with Crippen LogP contribution in [0.15, 0.2) is 66.7 Å². The highest BCUT2D eigenvalue weighted by molar-refractivity contribution is 6.31. The van der Waals surface area contributed by atoms with Gasteiger partial charge in [0, 0.05) is 40.5 Å². The Morgan fingerprint density at radius 2 is 1.69 bits per heavy atom. The highest BCUT2D eigenvalue weighted by Gasteiger charge is 2.12. The van der Waals surface area contributed by atoms with Crippen molar-refractivity contribution >= 4 is 28.9 Å². The summed E-state index contributed by atoms with van der Waals surface area (Å²) in [6, 6.07) is 21.1. The van der Waals surface area contributed by atoms with Crippen molar-refractivity contribution in [1.29, 1.82) is 0 Å². The van der Waals surface area contributed by atoms with E-state index < -0.39 is 0 Å². The molecule has 1 amide bonds. The Kier molecular flexibility index (Phi) is 8.40. The van der Waals surface area contributed by atoms with Gasteiger partial charge in [-0.1, -0.05) is 61.8 Å². The molecule has 0 atom stereocenters. The number of anilines is 2. The van der Waals surface area contributed by atoms with Gasteiger partial charge in [0.25, 0.3) is 0 Å². The number of carbonyl (C=O) groups excluding carboxylic acids is 1. The minimum absolute atomic E-state index is 0.0141. The quantitative estimate of drug-likeness (QED) is 0.367. The lowest BCUT2D eigenvalue weighted by Crippen LogP contribution is -2.14. The number of rotatable bonds is 10. The number of para-hydroxylation sites is 1. The van der Waals surface area contributed by atoms with Gasteiger partial charge in [-0.05, 0) is 36.2 Å². The molecule has 0 aliphatic heterocycles. The average Bonchev–Trinajstić information content (AvgIpc) is 2.77. The van der Waals surface area contributed by atoms with Crippen LogP contribution in [0.1, 0.15) is 31.4 Å². The Labute approximate surface area is 194 Å². The fraction of sp³-hybridized carbons (Fsp3) is 0.269. The predicted octanol–water partition coefficient (Wildman–Crippen LogP) is 6.52. The van der Waals surface area contributed by atoms with E-state index in [4.69, 9.17) is 21.1 Å². The van der Waals surface area contributed by atoms with E-state index in [9.17, 15) is 4.79 Å². The maximum atomic E-state index is 12.1. The van der Waals surface area contributed by atoms with Crippen LogP contribution in [0.3, 0.4) is 0 Å². The number of benzene rings is 3. The van der Waals surface area contributed by atoms with Crippen molar-refractivity contribution in [3.05, 3.63) is 82.9 Å². The van der Waals surface area contributed by atoms with Crippen LogP contribution < -0.4 is 20.1 Å². The molecule has 0 saturated heterocycles. The zero-order valence-corrected chi connectivity index (χ0v) is 19.4. The first kappa shape index (κ1) is 23.5. The molecule has 0 aliphatic rings. The van der Waals surface area contributed by atoms with Gasteiger partial charge in [-0.25, -0.2) is 0 Å². The maximum absolute atomic E-state index is 12.1. The molecule has 0 radical (unpaired) electrons. The Hall–Kier alpha value is -3.18. The minimum atomic E-state index is 0.0141. The summed E-state index contributed by atoms with van der Waals surface area (Å²) in [5, 5.41) is 7.02. The number of halogens is 1. The summed E-state index contributed by atoms with van der Waals surface area (Å²) in [5.74, 6) is 1.66. The van der Waals surface area contributed by atoms with E-state index in [0.29, 0.717) is 42.0 Å². The predicted molar refractivity (Wildman–Crippen MR) is 131 cm³/mol. The topological polar surface area (TPSA) is 59.6 Å². The number of hydrogen-bond donors (Lipinski definition) is 2. The van der Waals surface area contributed by atoms with Crippen LogP contribution >= 0.6 is 11.6 Å². The van der Waals surface area contributed by atoms with Crippen molar-refractivity contribution in [1.82, 2.24) is 0 Å². The van der Waals surface area contributed by atoms with Crippen LogP contribution in [0, 0.1) is 5.92 Å². The van der Waals surface area contributed by atoms with Crippen LogP contribution in [0.25, 0.3) is 0 Å². The van der Waals surface area contributed by atoms with Crippen LogP contribution in [0.5, 0.6) is 11.5 Å². The first-order valence-corrected chi connectivity index (χ1v) is 11.0. The molecule has 5 nitrogen and oxygen atoms in total. The lowest BCUT2D eigenvalue weighted by molar-refractivity contribution is -0.116. The van der Waals surface area contributed by atoms with Gasteiger partial charge in [-0.15, -0.1) is 0 Å². The van der Waals surface area contributed by atoms with Crippen molar-refractivity contribution < 1.29 is 14.3 Å². The molecule has 168 valence electrons. The number of carbonyl (C=O) groups is 1.